The lowest BCUT2D eigenvalue weighted by Gasteiger charge is -2.14. The van der Waals surface area contributed by atoms with E-state index in [1.807, 2.05) is 48.0 Å². The molecule has 1 aromatic carbocycles. The zero-order valence-corrected chi connectivity index (χ0v) is 13.9. The van der Waals surface area contributed by atoms with Crippen LogP contribution < -0.4 is 5.32 Å². The van der Waals surface area contributed by atoms with E-state index < -0.39 is 0 Å². The number of rotatable bonds is 6. The van der Waals surface area contributed by atoms with E-state index >= 15 is 0 Å². The van der Waals surface area contributed by atoms with Crippen LogP contribution in [0.3, 0.4) is 0 Å². The van der Waals surface area contributed by atoms with E-state index in [1.54, 1.807) is 12.5 Å². The van der Waals surface area contributed by atoms with Crippen LogP contribution in [0.5, 0.6) is 0 Å². The van der Waals surface area contributed by atoms with E-state index in [4.69, 9.17) is 0 Å². The van der Waals surface area contributed by atoms with E-state index in [0.717, 1.165) is 29.8 Å². The van der Waals surface area contributed by atoms with Crippen molar-refractivity contribution in [3.63, 3.8) is 0 Å². The number of H-pyrrole nitrogens is 1. The molecule has 6 heteroatoms. The maximum absolute atomic E-state index is 12.3. The van der Waals surface area contributed by atoms with E-state index in [0.29, 0.717) is 5.69 Å². The predicted octanol–water partition coefficient (Wildman–Crippen LogP) is 3.04. The van der Waals surface area contributed by atoms with Gasteiger partial charge in [0.15, 0.2) is 0 Å². The second kappa shape index (κ2) is 7.12. The molecule has 1 unspecified atom stereocenters. The Kier molecular flexibility index (Phi) is 4.74. The van der Waals surface area contributed by atoms with E-state index in [1.165, 1.54) is 0 Å². The smallest absolute Gasteiger partial charge is 0.272 e. The van der Waals surface area contributed by atoms with E-state index in [-0.39, 0.29) is 11.9 Å². The first-order valence-corrected chi connectivity index (χ1v) is 8.11. The van der Waals surface area contributed by atoms with Crippen LogP contribution in [-0.2, 0) is 6.42 Å². The topological polar surface area (TPSA) is 75.6 Å². The molecule has 1 atom stereocenters. The number of nitrogens with one attached hydrogen (secondary N) is 2. The number of benzene rings is 1. The fourth-order valence-electron chi connectivity index (χ4n) is 2.58. The second-order valence-corrected chi connectivity index (χ2v) is 5.79. The maximum Gasteiger partial charge on any atom is 0.272 e. The van der Waals surface area contributed by atoms with Crippen molar-refractivity contribution in [3.05, 3.63) is 66.0 Å². The van der Waals surface area contributed by atoms with E-state index in [9.17, 15) is 4.79 Å². The van der Waals surface area contributed by atoms with Crippen LogP contribution in [0.25, 0.3) is 5.69 Å². The third-order valence-corrected chi connectivity index (χ3v) is 3.93. The van der Waals surface area contributed by atoms with E-state index in [2.05, 4.69) is 27.4 Å². The Balaban J connectivity index is 1.65. The molecule has 24 heavy (non-hydrogen) atoms. The first-order valence-electron chi connectivity index (χ1n) is 8.11. The van der Waals surface area contributed by atoms with Gasteiger partial charge >= 0.3 is 0 Å². The summed E-state index contributed by atoms with van der Waals surface area (Å²) in [7, 11) is 0. The lowest BCUT2D eigenvalue weighted by atomic mass is 10.1. The highest BCUT2D eigenvalue weighted by atomic mass is 16.2. The summed E-state index contributed by atoms with van der Waals surface area (Å²) in [6.45, 7) is 4.06. The summed E-state index contributed by atoms with van der Waals surface area (Å²) in [6, 6.07) is 9.75. The van der Waals surface area contributed by atoms with Gasteiger partial charge in [-0.1, -0.05) is 25.5 Å². The number of hydrogen-bond donors (Lipinski definition) is 2. The molecule has 0 fully saturated rings. The fourth-order valence-corrected chi connectivity index (χ4v) is 2.58. The molecule has 3 rings (SSSR count). The number of aryl methyl sites for hydroxylation is 1. The Hall–Kier alpha value is -2.89. The zero-order chi connectivity index (χ0) is 16.9. The highest BCUT2D eigenvalue weighted by molar-refractivity contribution is 5.92. The highest BCUT2D eigenvalue weighted by Gasteiger charge is 2.14. The van der Waals surface area contributed by atoms with Crippen molar-refractivity contribution < 1.29 is 4.79 Å². The first-order chi connectivity index (χ1) is 11.7. The van der Waals surface area contributed by atoms with Crippen molar-refractivity contribution in [3.8, 4) is 5.69 Å². The number of hydrogen-bond acceptors (Lipinski definition) is 3. The number of amides is 1. The summed E-state index contributed by atoms with van der Waals surface area (Å²) >= 11 is 0. The molecule has 2 N–H and O–H groups in total. The Labute approximate surface area is 140 Å². The van der Waals surface area contributed by atoms with Gasteiger partial charge in [-0.15, -0.1) is 0 Å². The number of aromatic amines is 1. The largest absolute Gasteiger partial charge is 0.344 e. The molecular formula is C18H21N5O. The molecule has 0 spiro atoms. The van der Waals surface area contributed by atoms with Crippen molar-refractivity contribution in [2.75, 3.05) is 0 Å². The molecule has 2 heterocycles. The van der Waals surface area contributed by atoms with Crippen LogP contribution in [0.4, 0.5) is 0 Å². The lowest BCUT2D eigenvalue weighted by Crippen LogP contribution is -2.26. The van der Waals surface area contributed by atoms with Gasteiger partial charge in [0.25, 0.3) is 5.91 Å². The van der Waals surface area contributed by atoms with Crippen LogP contribution in [0.1, 0.15) is 48.1 Å². The van der Waals surface area contributed by atoms with Crippen LogP contribution >= 0.6 is 0 Å². The normalized spacial score (nSPS) is 12.1. The fraction of sp³-hybridized carbons (Fsp3) is 0.278. The predicted molar refractivity (Wildman–Crippen MR) is 92.0 cm³/mol. The number of carbonyl (C=O) groups excluding carboxylic acids is 1. The molecule has 0 aliphatic rings. The average molecular weight is 323 g/mol. The average Bonchev–Trinajstić information content (AvgIpc) is 3.27. The quantitative estimate of drug-likeness (QED) is 0.732. The van der Waals surface area contributed by atoms with Gasteiger partial charge in [-0.25, -0.2) is 4.98 Å². The summed E-state index contributed by atoms with van der Waals surface area (Å²) in [5, 5.41) is 9.97. The van der Waals surface area contributed by atoms with Crippen molar-refractivity contribution >= 4 is 5.91 Å². The Bertz CT molecular complexity index is 789. The van der Waals surface area contributed by atoms with Crippen LogP contribution in [0, 0.1) is 0 Å². The minimum atomic E-state index is -0.167. The van der Waals surface area contributed by atoms with Gasteiger partial charge in [-0.2, -0.15) is 5.10 Å². The number of carbonyl (C=O) groups is 1. The van der Waals surface area contributed by atoms with Crippen molar-refractivity contribution in [2.24, 2.45) is 0 Å². The minimum absolute atomic E-state index is 0.0966. The molecule has 0 radical (unpaired) electrons. The minimum Gasteiger partial charge on any atom is -0.344 e. The third-order valence-electron chi connectivity index (χ3n) is 3.93. The molecule has 6 nitrogen and oxygen atoms in total. The lowest BCUT2D eigenvalue weighted by molar-refractivity contribution is 0.0935. The Morgan fingerprint density at radius 3 is 2.79 bits per heavy atom. The van der Waals surface area contributed by atoms with Crippen LogP contribution in [0.15, 0.2) is 49.1 Å². The molecule has 2 aromatic heterocycles. The maximum atomic E-state index is 12.3. The van der Waals surface area contributed by atoms with Crippen molar-refractivity contribution in [2.45, 2.75) is 32.7 Å². The first kappa shape index (κ1) is 16.0. The Morgan fingerprint density at radius 1 is 1.33 bits per heavy atom. The van der Waals surface area contributed by atoms with Crippen LogP contribution in [0.2, 0.25) is 0 Å². The molecule has 0 aliphatic heterocycles. The summed E-state index contributed by atoms with van der Waals surface area (Å²) in [5.74, 6) is -0.167. The van der Waals surface area contributed by atoms with Gasteiger partial charge in [0.05, 0.1) is 12.4 Å². The number of nitrogens with zero attached hydrogens (tertiary/aromatic N) is 3. The van der Waals surface area contributed by atoms with Crippen molar-refractivity contribution in [1.29, 1.82) is 0 Å². The van der Waals surface area contributed by atoms with Crippen molar-refractivity contribution in [1.82, 2.24) is 25.1 Å². The van der Waals surface area contributed by atoms with Gasteiger partial charge in [0, 0.05) is 23.8 Å². The molecule has 0 saturated carbocycles. The zero-order valence-electron chi connectivity index (χ0n) is 13.9. The summed E-state index contributed by atoms with van der Waals surface area (Å²) in [6.07, 6.45) is 7.30. The van der Waals surface area contributed by atoms with Gasteiger partial charge < -0.3 is 9.88 Å². The highest BCUT2D eigenvalue weighted by Crippen LogP contribution is 2.16. The molecule has 3 aromatic rings. The number of imidazole rings is 1. The second-order valence-electron chi connectivity index (χ2n) is 5.79. The van der Waals surface area contributed by atoms with Gasteiger partial charge in [0.2, 0.25) is 0 Å². The molecule has 0 saturated heterocycles. The molecule has 124 valence electrons. The summed E-state index contributed by atoms with van der Waals surface area (Å²) < 4.78 is 1.94. The summed E-state index contributed by atoms with van der Waals surface area (Å²) in [5.41, 5.74) is 3.49. The van der Waals surface area contributed by atoms with Crippen LogP contribution in [-0.4, -0.2) is 25.7 Å². The molecular weight excluding hydrogens is 302 g/mol. The van der Waals surface area contributed by atoms with Gasteiger partial charge in [-0.05, 0) is 37.1 Å². The number of aromatic nitrogens is 4. The third kappa shape index (κ3) is 3.53. The SMILES string of the molecule is CCCc1cc(C(=O)NC(C)c2ccc(-n3ccnc3)cc2)n[nH]1. The van der Waals surface area contributed by atoms with Gasteiger partial charge in [0.1, 0.15) is 5.69 Å². The van der Waals surface area contributed by atoms with Gasteiger partial charge in [-0.3, -0.25) is 9.89 Å². The molecule has 1 amide bonds. The monoisotopic (exact) mass is 323 g/mol. The Morgan fingerprint density at radius 2 is 2.12 bits per heavy atom. The standard InChI is InChI=1S/C18H21N5O/c1-3-4-15-11-17(22-21-15)18(24)20-13(2)14-5-7-16(8-6-14)23-10-9-19-12-23/h5-13H,3-4H2,1-2H3,(H,20,24)(H,21,22). The molecule has 0 bridgehead atoms. The molecule has 0 aliphatic carbocycles. The summed E-state index contributed by atoms with van der Waals surface area (Å²) in [4.78, 5) is 16.3.